The number of carbonyl (C=O) groups excluding carboxylic acids is 1. The number of imidazole rings is 1. The van der Waals surface area contributed by atoms with E-state index in [9.17, 15) is 13.2 Å². The molecule has 0 unspecified atom stereocenters. The summed E-state index contributed by atoms with van der Waals surface area (Å²) in [6, 6.07) is 6.99. The van der Waals surface area contributed by atoms with Crippen LogP contribution < -0.4 is 0 Å². The Hall–Kier alpha value is -1.86. The summed E-state index contributed by atoms with van der Waals surface area (Å²) in [7, 11) is -3.67. The van der Waals surface area contributed by atoms with Crippen molar-refractivity contribution in [2.45, 2.75) is 76.5 Å². The number of nitrogens with zero attached hydrogens (tertiary/aromatic N) is 3. The first kappa shape index (κ1) is 22.8. The first-order valence-corrected chi connectivity index (χ1v) is 12.4. The fourth-order valence-corrected chi connectivity index (χ4v) is 5.44. The second-order valence-electron chi connectivity index (χ2n) is 8.74. The second-order valence-corrected chi connectivity index (χ2v) is 11.1. The first-order valence-electron chi connectivity index (χ1n) is 10.4. The fraction of sp³-hybridized carbons (Fsp3) is 0.545. The third kappa shape index (κ3) is 5.43. The highest BCUT2D eigenvalue weighted by atomic mass is 35.5. The van der Waals surface area contributed by atoms with Crippen LogP contribution in [0.25, 0.3) is 0 Å². The molecule has 1 fully saturated rings. The van der Waals surface area contributed by atoms with Crippen LogP contribution in [0.2, 0.25) is 5.02 Å². The highest BCUT2D eigenvalue weighted by Gasteiger charge is 2.34. The van der Waals surface area contributed by atoms with E-state index in [2.05, 4.69) is 4.98 Å². The smallest absolute Gasteiger partial charge is 0.228 e. The Morgan fingerprint density at radius 2 is 1.97 bits per heavy atom. The number of hydrogen-bond acceptors (Lipinski definition) is 4. The van der Waals surface area contributed by atoms with E-state index in [1.807, 2.05) is 32.6 Å². The maximum atomic E-state index is 13.2. The Bertz CT molecular complexity index is 1010. The minimum Gasteiger partial charge on any atom is -0.334 e. The molecule has 0 bridgehead atoms. The van der Waals surface area contributed by atoms with Crippen molar-refractivity contribution in [3.63, 3.8) is 0 Å². The predicted octanol–water partition coefficient (Wildman–Crippen LogP) is 4.63. The number of sulfone groups is 1. The molecule has 8 heteroatoms. The van der Waals surface area contributed by atoms with Crippen molar-refractivity contribution in [2.24, 2.45) is 5.92 Å². The molecule has 30 heavy (non-hydrogen) atoms. The summed E-state index contributed by atoms with van der Waals surface area (Å²) in [4.78, 5) is 18.9. The number of amides is 1. The molecule has 3 rings (SSSR count). The molecule has 1 saturated carbocycles. The van der Waals surface area contributed by atoms with Gasteiger partial charge in [-0.05, 0) is 50.3 Å². The summed E-state index contributed by atoms with van der Waals surface area (Å²) in [5, 5.41) is 0.541. The molecule has 0 aliphatic heterocycles. The molecule has 0 radical (unpaired) electrons. The highest BCUT2D eigenvalue weighted by Crippen LogP contribution is 2.31. The van der Waals surface area contributed by atoms with Crippen LogP contribution in [0.15, 0.2) is 35.6 Å². The lowest BCUT2D eigenvalue weighted by Crippen LogP contribution is -2.34. The van der Waals surface area contributed by atoms with Gasteiger partial charge in [-0.15, -0.1) is 0 Å². The van der Waals surface area contributed by atoms with Gasteiger partial charge in [0.25, 0.3) is 0 Å². The second kappa shape index (κ2) is 9.10. The molecule has 0 atom stereocenters. The third-order valence-corrected chi connectivity index (χ3v) is 6.91. The Kier molecular flexibility index (Phi) is 6.92. The van der Waals surface area contributed by atoms with Crippen molar-refractivity contribution in [3.8, 4) is 0 Å². The Morgan fingerprint density at radius 1 is 1.27 bits per heavy atom. The van der Waals surface area contributed by atoms with Gasteiger partial charge in [0.05, 0.1) is 24.2 Å². The van der Waals surface area contributed by atoms with Crippen molar-refractivity contribution < 1.29 is 13.2 Å². The summed E-state index contributed by atoms with van der Waals surface area (Å²) < 4.78 is 28.1. The van der Waals surface area contributed by atoms with Gasteiger partial charge < -0.3 is 9.47 Å². The maximum absolute atomic E-state index is 13.2. The molecule has 1 aromatic carbocycles. The van der Waals surface area contributed by atoms with Gasteiger partial charge in [-0.1, -0.05) is 37.6 Å². The standard InChI is InChI=1S/C22H30ClN3O3S/c1-15(2)10-21(27)25(19-8-9-19)13-20-12-24-22(26(20)16(3)4)30(28,29)14-17-6-5-7-18(23)11-17/h5-7,11-12,15-16,19H,8-10,13-14H2,1-4H3. The minimum atomic E-state index is -3.67. The van der Waals surface area contributed by atoms with E-state index in [1.165, 1.54) is 0 Å². The molecule has 1 aliphatic carbocycles. The van der Waals surface area contributed by atoms with Crippen LogP contribution in [0, 0.1) is 5.92 Å². The van der Waals surface area contributed by atoms with Crippen LogP contribution in [0.4, 0.5) is 0 Å². The van der Waals surface area contributed by atoms with Gasteiger partial charge in [-0.2, -0.15) is 0 Å². The zero-order valence-electron chi connectivity index (χ0n) is 18.0. The summed E-state index contributed by atoms with van der Waals surface area (Å²) >= 11 is 6.01. The lowest BCUT2D eigenvalue weighted by molar-refractivity contribution is -0.133. The quantitative estimate of drug-likeness (QED) is 0.557. The van der Waals surface area contributed by atoms with E-state index in [0.717, 1.165) is 18.5 Å². The minimum absolute atomic E-state index is 0.0412. The van der Waals surface area contributed by atoms with Crippen molar-refractivity contribution in [1.82, 2.24) is 14.5 Å². The molecule has 1 aromatic heterocycles. The summed E-state index contributed by atoms with van der Waals surface area (Å²) in [5.41, 5.74) is 1.37. The molecular formula is C22H30ClN3O3S. The zero-order valence-corrected chi connectivity index (χ0v) is 19.6. The van der Waals surface area contributed by atoms with Crippen LogP contribution in [0.3, 0.4) is 0 Å². The van der Waals surface area contributed by atoms with Crippen molar-refractivity contribution in [2.75, 3.05) is 0 Å². The predicted molar refractivity (Wildman–Crippen MR) is 118 cm³/mol. The number of halogens is 1. The molecule has 164 valence electrons. The topological polar surface area (TPSA) is 72.3 Å². The maximum Gasteiger partial charge on any atom is 0.228 e. The van der Waals surface area contributed by atoms with Gasteiger partial charge in [0.2, 0.25) is 20.9 Å². The molecule has 0 spiro atoms. The van der Waals surface area contributed by atoms with E-state index in [0.29, 0.717) is 23.6 Å². The average Bonchev–Trinajstić information content (AvgIpc) is 3.36. The van der Waals surface area contributed by atoms with Crippen molar-refractivity contribution >= 4 is 27.3 Å². The number of hydrogen-bond donors (Lipinski definition) is 0. The highest BCUT2D eigenvalue weighted by molar-refractivity contribution is 7.90. The molecule has 2 aromatic rings. The lowest BCUT2D eigenvalue weighted by Gasteiger charge is -2.25. The van der Waals surface area contributed by atoms with E-state index >= 15 is 0 Å². The Balaban J connectivity index is 1.90. The largest absolute Gasteiger partial charge is 0.334 e. The molecule has 1 aliphatic rings. The van der Waals surface area contributed by atoms with Crippen molar-refractivity contribution in [1.29, 1.82) is 0 Å². The summed E-state index contributed by atoms with van der Waals surface area (Å²) in [6.07, 6.45) is 4.09. The summed E-state index contributed by atoms with van der Waals surface area (Å²) in [6.45, 7) is 8.31. The molecule has 6 nitrogen and oxygen atoms in total. The Morgan fingerprint density at radius 3 is 2.53 bits per heavy atom. The van der Waals surface area contributed by atoms with Gasteiger partial charge in [0.1, 0.15) is 0 Å². The first-order chi connectivity index (χ1) is 14.1. The van der Waals surface area contributed by atoms with Crippen LogP contribution in [0.5, 0.6) is 0 Å². The van der Waals surface area contributed by atoms with Gasteiger partial charge in [0, 0.05) is 23.5 Å². The molecule has 1 amide bonds. The van der Waals surface area contributed by atoms with Gasteiger partial charge in [-0.3, -0.25) is 4.79 Å². The number of carbonyl (C=O) groups is 1. The average molecular weight is 452 g/mol. The van der Waals surface area contributed by atoms with E-state index in [4.69, 9.17) is 11.6 Å². The van der Waals surface area contributed by atoms with Crippen LogP contribution in [-0.2, 0) is 26.9 Å². The van der Waals surface area contributed by atoms with E-state index < -0.39 is 9.84 Å². The van der Waals surface area contributed by atoms with E-state index in [1.54, 1.807) is 35.0 Å². The number of rotatable bonds is 9. The third-order valence-electron chi connectivity index (χ3n) is 5.10. The molecule has 0 N–H and O–H groups in total. The van der Waals surface area contributed by atoms with Crippen molar-refractivity contribution in [3.05, 3.63) is 46.7 Å². The van der Waals surface area contributed by atoms with Crippen LogP contribution in [-0.4, -0.2) is 34.8 Å². The van der Waals surface area contributed by atoms with Gasteiger partial charge in [-0.25, -0.2) is 13.4 Å². The normalized spacial score (nSPS) is 14.5. The molecular weight excluding hydrogens is 422 g/mol. The number of benzene rings is 1. The van der Waals surface area contributed by atoms with Gasteiger partial charge in [0.15, 0.2) is 0 Å². The molecule has 1 heterocycles. The van der Waals surface area contributed by atoms with Gasteiger partial charge >= 0.3 is 0 Å². The monoisotopic (exact) mass is 451 g/mol. The van der Waals surface area contributed by atoms with Crippen LogP contribution in [0.1, 0.15) is 64.3 Å². The molecule has 0 saturated heterocycles. The fourth-order valence-electron chi connectivity index (χ4n) is 3.64. The van der Waals surface area contributed by atoms with Crippen LogP contribution >= 0.6 is 11.6 Å². The lowest BCUT2D eigenvalue weighted by atomic mass is 10.1. The number of aromatic nitrogens is 2. The zero-order chi connectivity index (χ0) is 22.1. The Labute approximate surface area is 184 Å². The van der Waals surface area contributed by atoms with E-state index in [-0.39, 0.29) is 34.8 Å². The SMILES string of the molecule is CC(C)CC(=O)N(Cc1cnc(S(=O)(=O)Cc2cccc(Cl)c2)n1C(C)C)C1CC1. The summed E-state index contributed by atoms with van der Waals surface area (Å²) in [5.74, 6) is 0.227.